The summed E-state index contributed by atoms with van der Waals surface area (Å²) in [5.74, 6) is -0.103. The molecule has 0 unspecified atom stereocenters. The lowest BCUT2D eigenvalue weighted by Gasteiger charge is -2.22. The first-order chi connectivity index (χ1) is 8.89. The molecule has 0 saturated carbocycles. The van der Waals surface area contributed by atoms with E-state index in [2.05, 4.69) is 5.32 Å². The minimum absolute atomic E-state index is 0.0365. The molecule has 2 rings (SSSR count). The van der Waals surface area contributed by atoms with E-state index in [1.54, 1.807) is 18.2 Å². The van der Waals surface area contributed by atoms with Crippen molar-refractivity contribution in [2.45, 2.75) is 24.7 Å². The van der Waals surface area contributed by atoms with Crippen LogP contribution in [0.5, 0.6) is 0 Å². The first kappa shape index (κ1) is 14.2. The van der Waals surface area contributed by atoms with Crippen LogP contribution in [0.25, 0.3) is 0 Å². The number of benzene rings is 1. The SMILES string of the molecule is Cc1ccc(S(C)(=O)=O)c(C(=O)C2CCNCC2)c1. The van der Waals surface area contributed by atoms with Gasteiger partial charge in [0.15, 0.2) is 15.6 Å². The maximum absolute atomic E-state index is 12.5. The predicted molar refractivity (Wildman–Crippen MR) is 74.2 cm³/mol. The Morgan fingerprint density at radius 2 is 1.89 bits per heavy atom. The van der Waals surface area contributed by atoms with Crippen LogP contribution in [0.2, 0.25) is 0 Å². The second-order valence-corrected chi connectivity index (χ2v) is 7.14. The molecule has 1 saturated heterocycles. The zero-order valence-electron chi connectivity index (χ0n) is 11.3. The van der Waals surface area contributed by atoms with Gasteiger partial charge in [0.1, 0.15) is 0 Å². The fraction of sp³-hybridized carbons (Fsp3) is 0.500. The maximum atomic E-state index is 12.5. The van der Waals surface area contributed by atoms with E-state index in [9.17, 15) is 13.2 Å². The average Bonchev–Trinajstić information content (AvgIpc) is 2.37. The summed E-state index contributed by atoms with van der Waals surface area (Å²) < 4.78 is 23.6. The lowest BCUT2D eigenvalue weighted by atomic mass is 9.89. The van der Waals surface area contributed by atoms with Gasteiger partial charge in [0.05, 0.1) is 4.90 Å². The molecule has 1 fully saturated rings. The molecule has 1 N–H and O–H groups in total. The largest absolute Gasteiger partial charge is 0.317 e. The summed E-state index contributed by atoms with van der Waals surface area (Å²) in [5.41, 5.74) is 1.26. The molecule has 1 aliphatic rings. The first-order valence-electron chi connectivity index (χ1n) is 6.45. The van der Waals surface area contributed by atoms with E-state index < -0.39 is 9.84 Å². The predicted octanol–water partition coefficient (Wildman–Crippen LogP) is 1.58. The van der Waals surface area contributed by atoms with Gasteiger partial charge in [0, 0.05) is 17.7 Å². The molecule has 0 spiro atoms. The molecule has 0 aromatic heterocycles. The monoisotopic (exact) mass is 281 g/mol. The van der Waals surface area contributed by atoms with Crippen LogP contribution in [0.3, 0.4) is 0 Å². The highest BCUT2D eigenvalue weighted by atomic mass is 32.2. The second-order valence-electron chi connectivity index (χ2n) is 5.16. The van der Waals surface area contributed by atoms with E-state index in [4.69, 9.17) is 0 Å². The van der Waals surface area contributed by atoms with Gasteiger partial charge < -0.3 is 5.32 Å². The Bertz CT molecular complexity index is 587. The Labute approximate surface area is 114 Å². The van der Waals surface area contributed by atoms with Crippen molar-refractivity contribution in [3.05, 3.63) is 29.3 Å². The molecule has 19 heavy (non-hydrogen) atoms. The van der Waals surface area contributed by atoms with Crippen molar-refractivity contribution in [3.63, 3.8) is 0 Å². The van der Waals surface area contributed by atoms with Crippen LogP contribution >= 0.6 is 0 Å². The summed E-state index contributed by atoms with van der Waals surface area (Å²) in [4.78, 5) is 12.7. The van der Waals surface area contributed by atoms with Crippen LogP contribution in [-0.2, 0) is 9.84 Å². The van der Waals surface area contributed by atoms with E-state index in [0.29, 0.717) is 5.56 Å². The van der Waals surface area contributed by atoms with Gasteiger partial charge in [-0.3, -0.25) is 4.79 Å². The van der Waals surface area contributed by atoms with Crippen molar-refractivity contribution in [2.24, 2.45) is 5.92 Å². The number of carbonyl (C=O) groups is 1. The third-order valence-electron chi connectivity index (χ3n) is 3.51. The normalized spacial score (nSPS) is 17.4. The Morgan fingerprint density at radius 1 is 1.26 bits per heavy atom. The smallest absolute Gasteiger partial charge is 0.176 e. The topological polar surface area (TPSA) is 63.2 Å². The average molecular weight is 281 g/mol. The molecule has 5 heteroatoms. The number of piperidine rings is 1. The molecule has 1 aromatic rings. The first-order valence-corrected chi connectivity index (χ1v) is 8.34. The van der Waals surface area contributed by atoms with Crippen LogP contribution in [0.4, 0.5) is 0 Å². The van der Waals surface area contributed by atoms with E-state index in [1.165, 1.54) is 0 Å². The Morgan fingerprint density at radius 3 is 2.47 bits per heavy atom. The third-order valence-corrected chi connectivity index (χ3v) is 4.66. The van der Waals surface area contributed by atoms with Crippen LogP contribution in [0, 0.1) is 12.8 Å². The molecule has 104 valence electrons. The number of Topliss-reactive ketones (excluding diaryl/α,β-unsaturated/α-hetero) is 1. The highest BCUT2D eigenvalue weighted by Gasteiger charge is 2.26. The van der Waals surface area contributed by atoms with Crippen molar-refractivity contribution in [2.75, 3.05) is 19.3 Å². The standard InChI is InChI=1S/C14H19NO3S/c1-10-3-4-13(19(2,17)18)12(9-10)14(16)11-5-7-15-8-6-11/h3-4,9,11,15H,5-8H2,1-2H3. The molecule has 0 bridgehead atoms. The van der Waals surface area contributed by atoms with Crippen molar-refractivity contribution in [3.8, 4) is 0 Å². The van der Waals surface area contributed by atoms with Gasteiger partial charge in [-0.05, 0) is 45.0 Å². The molecule has 0 amide bonds. The molecule has 0 radical (unpaired) electrons. The number of aryl methyl sites for hydroxylation is 1. The number of ketones is 1. The lowest BCUT2D eigenvalue weighted by Crippen LogP contribution is -2.32. The molecular formula is C14H19NO3S. The summed E-state index contributed by atoms with van der Waals surface area (Å²) in [6.45, 7) is 3.50. The van der Waals surface area contributed by atoms with Crippen LogP contribution in [0.15, 0.2) is 23.1 Å². The summed E-state index contributed by atoms with van der Waals surface area (Å²) in [5, 5.41) is 3.21. The van der Waals surface area contributed by atoms with E-state index in [-0.39, 0.29) is 16.6 Å². The minimum Gasteiger partial charge on any atom is -0.317 e. The Kier molecular flexibility index (Phi) is 4.06. The van der Waals surface area contributed by atoms with Crippen LogP contribution < -0.4 is 5.32 Å². The Balaban J connectivity index is 2.42. The molecule has 0 aliphatic carbocycles. The summed E-state index contributed by atoms with van der Waals surface area (Å²) in [6, 6.07) is 4.97. The van der Waals surface area contributed by atoms with Gasteiger partial charge >= 0.3 is 0 Å². The highest BCUT2D eigenvalue weighted by molar-refractivity contribution is 7.90. The van der Waals surface area contributed by atoms with Crippen molar-refractivity contribution in [1.29, 1.82) is 0 Å². The van der Waals surface area contributed by atoms with Gasteiger partial charge in [-0.2, -0.15) is 0 Å². The molecule has 1 aromatic carbocycles. The highest BCUT2D eigenvalue weighted by Crippen LogP contribution is 2.24. The van der Waals surface area contributed by atoms with Gasteiger partial charge in [-0.1, -0.05) is 11.6 Å². The quantitative estimate of drug-likeness (QED) is 0.854. The molecular weight excluding hydrogens is 262 g/mol. The fourth-order valence-electron chi connectivity index (χ4n) is 2.46. The number of rotatable bonds is 3. The van der Waals surface area contributed by atoms with E-state index >= 15 is 0 Å². The number of sulfone groups is 1. The van der Waals surface area contributed by atoms with Gasteiger partial charge in [0.2, 0.25) is 0 Å². The zero-order valence-corrected chi connectivity index (χ0v) is 12.1. The van der Waals surface area contributed by atoms with Crippen molar-refractivity contribution < 1.29 is 13.2 Å². The molecule has 1 heterocycles. The van der Waals surface area contributed by atoms with Crippen molar-refractivity contribution in [1.82, 2.24) is 5.32 Å². The van der Waals surface area contributed by atoms with Crippen LogP contribution in [-0.4, -0.2) is 33.5 Å². The van der Waals surface area contributed by atoms with E-state index in [1.807, 2.05) is 6.92 Å². The summed E-state index contributed by atoms with van der Waals surface area (Å²) >= 11 is 0. The van der Waals surface area contributed by atoms with Gasteiger partial charge in [-0.25, -0.2) is 8.42 Å². The Hall–Kier alpha value is -1.20. The lowest BCUT2D eigenvalue weighted by molar-refractivity contribution is 0.0891. The second kappa shape index (κ2) is 5.43. The van der Waals surface area contributed by atoms with Crippen LogP contribution in [0.1, 0.15) is 28.8 Å². The molecule has 1 aliphatic heterocycles. The third kappa shape index (κ3) is 3.22. The van der Waals surface area contributed by atoms with Gasteiger partial charge in [-0.15, -0.1) is 0 Å². The summed E-state index contributed by atoms with van der Waals surface area (Å²) in [6.07, 6.45) is 2.70. The molecule has 4 nitrogen and oxygen atoms in total. The number of carbonyl (C=O) groups excluding carboxylic acids is 1. The maximum Gasteiger partial charge on any atom is 0.176 e. The number of hydrogen-bond acceptors (Lipinski definition) is 4. The number of nitrogens with one attached hydrogen (secondary N) is 1. The number of hydrogen-bond donors (Lipinski definition) is 1. The fourth-order valence-corrected chi connectivity index (χ4v) is 3.34. The molecule has 0 atom stereocenters. The van der Waals surface area contributed by atoms with Gasteiger partial charge in [0.25, 0.3) is 0 Å². The minimum atomic E-state index is -3.37. The zero-order chi connectivity index (χ0) is 14.0. The van der Waals surface area contributed by atoms with Crippen molar-refractivity contribution >= 4 is 15.6 Å². The van der Waals surface area contributed by atoms with E-state index in [0.717, 1.165) is 37.8 Å². The summed E-state index contributed by atoms with van der Waals surface area (Å²) in [7, 11) is -3.37.